The summed E-state index contributed by atoms with van der Waals surface area (Å²) in [6.45, 7) is 6.86. The summed E-state index contributed by atoms with van der Waals surface area (Å²) in [4.78, 5) is 15.6. The van der Waals surface area contributed by atoms with Crippen LogP contribution >= 0.6 is 24.0 Å². The van der Waals surface area contributed by atoms with Crippen LogP contribution in [0.4, 0.5) is 10.5 Å². The third-order valence-corrected chi connectivity index (χ3v) is 5.91. The molecule has 1 heterocycles. The topological polar surface area (TPSA) is 112 Å². The van der Waals surface area contributed by atoms with Crippen molar-refractivity contribution in [2.75, 3.05) is 43.3 Å². The van der Waals surface area contributed by atoms with Gasteiger partial charge in [-0.3, -0.25) is 9.30 Å². The molecular weight excluding hydrogens is 521 g/mol. The van der Waals surface area contributed by atoms with Crippen LogP contribution in [0.5, 0.6) is 0 Å². The molecule has 0 saturated carbocycles. The number of guanidine groups is 1. The minimum absolute atomic E-state index is 0. The van der Waals surface area contributed by atoms with E-state index < -0.39 is 21.7 Å². The lowest BCUT2D eigenvalue weighted by molar-refractivity contribution is 0.0529. The van der Waals surface area contributed by atoms with Gasteiger partial charge in [-0.15, -0.1) is 24.0 Å². The number of fused-ring (bicyclic) bond motifs is 1. The number of carbonyl (C=O) groups excluding carboxylic acids is 1. The van der Waals surface area contributed by atoms with Crippen LogP contribution in [-0.2, 0) is 21.2 Å². The number of alkyl carbamates (subject to hydrolysis) is 1. The first-order chi connectivity index (χ1) is 13.6. The number of halogens is 1. The first-order valence-electron chi connectivity index (χ1n) is 9.62. The molecular formula is C19H32IN5O4S. The number of ether oxygens (including phenoxy) is 1. The van der Waals surface area contributed by atoms with Gasteiger partial charge >= 0.3 is 6.09 Å². The maximum atomic E-state index is 12.7. The van der Waals surface area contributed by atoms with Crippen LogP contribution in [0, 0.1) is 0 Å². The van der Waals surface area contributed by atoms with Gasteiger partial charge in [-0.1, -0.05) is 18.2 Å². The minimum atomic E-state index is -3.42. The Kier molecular flexibility index (Phi) is 10.1. The molecule has 2 rings (SSSR count). The zero-order valence-electron chi connectivity index (χ0n) is 17.9. The normalized spacial score (nSPS) is 13.9. The lowest BCUT2D eigenvalue weighted by Gasteiger charge is -2.20. The summed E-state index contributed by atoms with van der Waals surface area (Å²) >= 11 is 0. The van der Waals surface area contributed by atoms with Crippen LogP contribution in [0.2, 0.25) is 0 Å². The summed E-state index contributed by atoms with van der Waals surface area (Å²) in [6, 6.07) is 7.57. The fraction of sp³-hybridized carbons (Fsp3) is 0.579. The fourth-order valence-corrected chi connectivity index (χ4v) is 4.31. The number of anilines is 1. The lowest BCUT2D eigenvalue weighted by atomic mass is 10.2. The van der Waals surface area contributed by atoms with Crippen molar-refractivity contribution in [2.24, 2.45) is 4.99 Å². The molecule has 0 fully saturated rings. The van der Waals surface area contributed by atoms with Gasteiger partial charge in [0.15, 0.2) is 5.96 Å². The van der Waals surface area contributed by atoms with E-state index >= 15 is 0 Å². The van der Waals surface area contributed by atoms with Crippen molar-refractivity contribution >= 4 is 51.7 Å². The van der Waals surface area contributed by atoms with Crippen molar-refractivity contribution in [3.8, 4) is 0 Å². The van der Waals surface area contributed by atoms with Crippen molar-refractivity contribution in [1.29, 1.82) is 0 Å². The zero-order valence-corrected chi connectivity index (χ0v) is 21.0. The predicted molar refractivity (Wildman–Crippen MR) is 130 cm³/mol. The second-order valence-corrected chi connectivity index (χ2v) is 9.63. The monoisotopic (exact) mass is 553 g/mol. The average Bonchev–Trinajstić information content (AvgIpc) is 3.07. The Morgan fingerprint density at radius 2 is 1.77 bits per heavy atom. The molecule has 170 valence electrons. The number of hydrogen-bond donors (Lipinski definition) is 3. The number of sulfonamides is 1. The van der Waals surface area contributed by atoms with Crippen LogP contribution in [0.3, 0.4) is 0 Å². The zero-order chi connectivity index (χ0) is 21.5. The van der Waals surface area contributed by atoms with Gasteiger partial charge in [-0.2, -0.15) is 0 Å². The van der Waals surface area contributed by atoms with E-state index in [2.05, 4.69) is 20.9 Å². The van der Waals surface area contributed by atoms with Crippen LogP contribution in [0.15, 0.2) is 29.3 Å². The van der Waals surface area contributed by atoms with Crippen LogP contribution in [0.25, 0.3) is 0 Å². The van der Waals surface area contributed by atoms with Gasteiger partial charge < -0.3 is 20.7 Å². The second-order valence-electron chi connectivity index (χ2n) is 7.62. The molecule has 11 heteroatoms. The molecule has 3 N–H and O–H groups in total. The molecule has 0 atom stereocenters. The quantitative estimate of drug-likeness (QED) is 0.205. The Bertz CT molecular complexity index is 840. The smallest absolute Gasteiger partial charge is 0.407 e. The summed E-state index contributed by atoms with van der Waals surface area (Å²) in [5, 5.41) is 8.64. The summed E-state index contributed by atoms with van der Waals surface area (Å²) in [6.07, 6.45) is 0.246. The first-order valence-corrected chi connectivity index (χ1v) is 11.2. The number of hydrogen-bond acceptors (Lipinski definition) is 5. The van der Waals surface area contributed by atoms with Gasteiger partial charge in [0.2, 0.25) is 10.0 Å². The SMILES string of the molecule is CN=C(NCCNC(=O)OC(C)(C)C)NCCS(=O)(=O)N1CCc2ccccc21.I. The molecule has 30 heavy (non-hydrogen) atoms. The van der Waals surface area contributed by atoms with E-state index in [1.54, 1.807) is 27.8 Å². The number of rotatable bonds is 7. The molecule has 0 unspecified atom stereocenters. The van der Waals surface area contributed by atoms with Gasteiger partial charge in [0.05, 0.1) is 11.4 Å². The number of benzene rings is 1. The van der Waals surface area contributed by atoms with Gasteiger partial charge in [0, 0.05) is 33.2 Å². The standard InChI is InChI=1S/C19H31N5O4S.HI/c1-19(2,3)28-18(25)23-11-10-21-17(20-4)22-12-14-29(26,27)24-13-9-15-7-5-6-8-16(15)24;/h5-8H,9-14H2,1-4H3,(H,23,25)(H2,20,21,22);1H. The number of aliphatic imine (C=N–C) groups is 1. The summed E-state index contributed by atoms with van der Waals surface area (Å²) in [7, 11) is -1.82. The van der Waals surface area contributed by atoms with Gasteiger partial charge in [-0.05, 0) is 38.8 Å². The largest absolute Gasteiger partial charge is 0.444 e. The van der Waals surface area contributed by atoms with E-state index in [1.165, 1.54) is 4.31 Å². The highest BCUT2D eigenvalue weighted by atomic mass is 127. The molecule has 0 aliphatic carbocycles. The number of nitrogens with zero attached hydrogens (tertiary/aromatic N) is 2. The fourth-order valence-electron chi connectivity index (χ4n) is 2.89. The van der Waals surface area contributed by atoms with Crippen molar-refractivity contribution < 1.29 is 17.9 Å². The van der Waals surface area contributed by atoms with Crippen molar-refractivity contribution in [3.05, 3.63) is 29.8 Å². The van der Waals surface area contributed by atoms with Gasteiger partial charge in [0.1, 0.15) is 5.60 Å². The number of nitrogens with one attached hydrogen (secondary N) is 3. The Hall–Kier alpha value is -1.76. The Morgan fingerprint density at radius 3 is 2.43 bits per heavy atom. The predicted octanol–water partition coefficient (Wildman–Crippen LogP) is 1.69. The molecule has 0 spiro atoms. The lowest BCUT2D eigenvalue weighted by Crippen LogP contribution is -2.44. The Morgan fingerprint density at radius 1 is 1.13 bits per heavy atom. The molecule has 0 saturated heterocycles. The highest BCUT2D eigenvalue weighted by Gasteiger charge is 2.28. The number of amides is 1. The molecule has 1 aliphatic rings. The van der Waals surface area contributed by atoms with Crippen LogP contribution in [0.1, 0.15) is 26.3 Å². The van der Waals surface area contributed by atoms with E-state index in [0.717, 1.165) is 17.7 Å². The third kappa shape index (κ3) is 8.17. The number of para-hydroxylation sites is 1. The number of carbonyl (C=O) groups is 1. The molecule has 9 nitrogen and oxygen atoms in total. The van der Waals surface area contributed by atoms with Crippen LogP contribution < -0.4 is 20.3 Å². The van der Waals surface area contributed by atoms with Gasteiger partial charge in [0.25, 0.3) is 0 Å². The van der Waals surface area contributed by atoms with Crippen molar-refractivity contribution in [2.45, 2.75) is 32.8 Å². The van der Waals surface area contributed by atoms with Crippen molar-refractivity contribution in [1.82, 2.24) is 16.0 Å². The van der Waals surface area contributed by atoms with Gasteiger partial charge in [-0.25, -0.2) is 13.2 Å². The van der Waals surface area contributed by atoms with Crippen LogP contribution in [-0.4, -0.2) is 65.1 Å². The molecule has 0 radical (unpaired) electrons. The molecule has 0 aromatic heterocycles. The average molecular weight is 553 g/mol. The maximum absolute atomic E-state index is 12.7. The van der Waals surface area contributed by atoms with E-state index in [9.17, 15) is 13.2 Å². The molecule has 1 amide bonds. The highest BCUT2D eigenvalue weighted by Crippen LogP contribution is 2.29. The summed E-state index contributed by atoms with van der Waals surface area (Å²) < 4.78 is 32.0. The van der Waals surface area contributed by atoms with E-state index in [0.29, 0.717) is 25.6 Å². The maximum Gasteiger partial charge on any atom is 0.407 e. The van der Waals surface area contributed by atoms with Crippen molar-refractivity contribution in [3.63, 3.8) is 0 Å². The molecule has 1 aromatic rings. The third-order valence-electron chi connectivity index (χ3n) is 4.14. The van der Waals surface area contributed by atoms with E-state index in [1.807, 2.05) is 24.3 Å². The second kappa shape index (κ2) is 11.6. The first kappa shape index (κ1) is 26.3. The minimum Gasteiger partial charge on any atom is -0.444 e. The summed E-state index contributed by atoms with van der Waals surface area (Å²) in [5.74, 6) is 0.422. The highest BCUT2D eigenvalue weighted by molar-refractivity contribution is 14.0. The van der Waals surface area contributed by atoms with E-state index in [4.69, 9.17) is 4.74 Å². The Balaban J connectivity index is 0.00000450. The molecule has 1 aliphatic heterocycles. The molecule has 1 aromatic carbocycles. The Labute approximate surface area is 196 Å². The molecule has 0 bridgehead atoms. The van der Waals surface area contributed by atoms with E-state index in [-0.39, 0.29) is 36.3 Å². The summed E-state index contributed by atoms with van der Waals surface area (Å²) in [5.41, 5.74) is 1.28.